The maximum atomic E-state index is 13.0. The van der Waals surface area contributed by atoms with E-state index in [1.54, 1.807) is 26.6 Å². The summed E-state index contributed by atoms with van der Waals surface area (Å²) in [7, 11) is 3.25. The Hall–Kier alpha value is -5.16. The number of aliphatic hydroxyl groups excluding tert-OH is 1. The van der Waals surface area contributed by atoms with E-state index in [1.165, 1.54) is 4.57 Å². The lowest BCUT2D eigenvalue weighted by Gasteiger charge is -2.37. The average Bonchev–Trinajstić information content (AvgIpc) is 3.26. The molecule has 0 spiro atoms. The molecule has 3 aromatic carbocycles. The van der Waals surface area contributed by atoms with Crippen molar-refractivity contribution in [2.24, 2.45) is 0 Å². The summed E-state index contributed by atoms with van der Waals surface area (Å²) >= 11 is 0. The molecule has 2 aliphatic heterocycles. The Balaban J connectivity index is 1.34. The summed E-state index contributed by atoms with van der Waals surface area (Å²) in [6.07, 6.45) is 8.49. The highest BCUT2D eigenvalue weighted by molar-refractivity contribution is 5.73. The van der Waals surface area contributed by atoms with Crippen LogP contribution < -0.4 is 26.2 Å². The zero-order valence-electron chi connectivity index (χ0n) is 25.6. The van der Waals surface area contributed by atoms with Crippen LogP contribution in [0.2, 0.25) is 0 Å². The van der Waals surface area contributed by atoms with Crippen LogP contribution in [0.3, 0.4) is 0 Å². The number of methoxy groups -OCH3 is 2. The van der Waals surface area contributed by atoms with Crippen molar-refractivity contribution in [3.63, 3.8) is 0 Å². The van der Waals surface area contributed by atoms with Crippen molar-refractivity contribution in [3.8, 4) is 11.5 Å². The Kier molecular flexibility index (Phi) is 9.02. The van der Waals surface area contributed by atoms with Gasteiger partial charge in [-0.2, -0.15) is 4.98 Å². The highest BCUT2D eigenvalue weighted by atomic mass is 16.6. The van der Waals surface area contributed by atoms with Crippen LogP contribution in [-0.2, 0) is 15.1 Å². The first-order chi connectivity index (χ1) is 22.4. The van der Waals surface area contributed by atoms with Crippen molar-refractivity contribution in [1.29, 1.82) is 0 Å². The van der Waals surface area contributed by atoms with Gasteiger partial charge in [0.25, 0.3) is 0 Å². The second kappa shape index (κ2) is 13.5. The minimum atomic E-state index is -1.09. The summed E-state index contributed by atoms with van der Waals surface area (Å²) in [6.45, 7) is 0.0108. The van der Waals surface area contributed by atoms with E-state index in [0.717, 1.165) is 16.7 Å². The Morgan fingerprint density at radius 1 is 0.935 bits per heavy atom. The van der Waals surface area contributed by atoms with E-state index in [4.69, 9.17) is 24.7 Å². The highest BCUT2D eigenvalue weighted by Gasteiger charge is 2.42. The fourth-order valence-electron chi connectivity index (χ4n) is 5.84. The number of hydrogen-bond donors (Lipinski definition) is 3. The first-order valence-electron chi connectivity index (χ1n) is 14.9. The fraction of sp³-hybridized carbons (Fsp3) is 0.222. The molecule has 0 saturated carbocycles. The van der Waals surface area contributed by atoms with Crippen molar-refractivity contribution < 1.29 is 24.1 Å². The molecule has 4 aromatic rings. The Bertz CT molecular complexity index is 1750. The van der Waals surface area contributed by atoms with Gasteiger partial charge in [-0.15, -0.1) is 0 Å². The number of aromatic nitrogens is 2. The molecule has 1 aromatic heterocycles. The first kappa shape index (κ1) is 30.8. The van der Waals surface area contributed by atoms with Gasteiger partial charge in [-0.25, -0.2) is 4.79 Å². The van der Waals surface area contributed by atoms with Gasteiger partial charge in [0.2, 0.25) is 0 Å². The molecule has 1 saturated heterocycles. The number of nitrogens with zero attached hydrogens (tertiary/aromatic N) is 2. The van der Waals surface area contributed by atoms with Gasteiger partial charge in [-0.3, -0.25) is 4.57 Å². The second-order valence-electron chi connectivity index (χ2n) is 10.9. The van der Waals surface area contributed by atoms with Gasteiger partial charge >= 0.3 is 5.69 Å². The monoisotopic (exact) mass is 620 g/mol. The van der Waals surface area contributed by atoms with E-state index in [9.17, 15) is 9.90 Å². The number of anilines is 1. The van der Waals surface area contributed by atoms with Crippen LogP contribution in [0.1, 0.15) is 34.9 Å². The standard InChI is InChI=1S/C36H36N4O6/c1-43-27-16-12-25(13-17-27)36(24-9-5-3-6-10-24,26-14-18-28(44-2)19-15-26)45-23-32-31(41)21-33(46-32)40-22-29(34(37)39-35(40)42)30-11-7-4-8-20-38-30/h3-20,22,31-33,38,41H,21,23H2,1-2H3,(H2,37,39,42)/t31-,32+,33+/m0/s1. The first-order valence-corrected chi connectivity index (χ1v) is 14.9. The van der Waals surface area contributed by atoms with Crippen LogP contribution >= 0.6 is 0 Å². The number of rotatable bonds is 10. The largest absolute Gasteiger partial charge is 0.497 e. The van der Waals surface area contributed by atoms with Gasteiger partial charge in [0, 0.05) is 18.8 Å². The number of allylic oxidation sites excluding steroid dienone is 4. The number of nitrogen functional groups attached to an aromatic ring is 1. The van der Waals surface area contributed by atoms with Crippen molar-refractivity contribution in [1.82, 2.24) is 14.9 Å². The molecule has 10 heteroatoms. The minimum Gasteiger partial charge on any atom is -0.497 e. The van der Waals surface area contributed by atoms with Crippen molar-refractivity contribution in [2.45, 2.75) is 30.5 Å². The topological polar surface area (TPSA) is 130 Å². The molecule has 236 valence electrons. The summed E-state index contributed by atoms with van der Waals surface area (Å²) < 4.78 is 25.5. The molecule has 0 unspecified atom stereocenters. The summed E-state index contributed by atoms with van der Waals surface area (Å²) in [5, 5.41) is 14.4. The molecule has 3 heterocycles. The van der Waals surface area contributed by atoms with Crippen LogP contribution in [0.5, 0.6) is 11.5 Å². The van der Waals surface area contributed by atoms with E-state index < -0.39 is 29.7 Å². The summed E-state index contributed by atoms with van der Waals surface area (Å²) in [5.74, 6) is 1.51. The lowest BCUT2D eigenvalue weighted by atomic mass is 9.80. The molecular formula is C36H36N4O6. The SMILES string of the molecule is COc1ccc(C(OC[C@H]2O[C@@H](n3cc(C4=CC=CC=CN4)c(N)nc3=O)C[C@@H]2O)(c2ccccc2)c2ccc(OC)cc2)cc1. The highest BCUT2D eigenvalue weighted by Crippen LogP contribution is 2.42. The van der Waals surface area contributed by atoms with Gasteiger partial charge in [-0.05, 0) is 53.1 Å². The molecule has 10 nitrogen and oxygen atoms in total. The molecule has 6 rings (SSSR count). The normalized spacial score (nSPS) is 19.3. The lowest BCUT2D eigenvalue weighted by Crippen LogP contribution is -2.38. The van der Waals surface area contributed by atoms with Crippen LogP contribution in [0.4, 0.5) is 5.82 Å². The quantitative estimate of drug-likeness (QED) is 0.219. The van der Waals surface area contributed by atoms with Gasteiger partial charge in [0.1, 0.15) is 35.2 Å². The number of aliphatic hydroxyl groups is 1. The summed E-state index contributed by atoms with van der Waals surface area (Å²) in [6, 6.07) is 25.3. The predicted molar refractivity (Wildman–Crippen MR) is 175 cm³/mol. The average molecular weight is 621 g/mol. The molecular weight excluding hydrogens is 584 g/mol. The fourth-order valence-corrected chi connectivity index (χ4v) is 5.84. The van der Waals surface area contributed by atoms with Crippen LogP contribution in [0.15, 0.2) is 120 Å². The third-order valence-corrected chi connectivity index (χ3v) is 8.24. The maximum Gasteiger partial charge on any atom is 0.351 e. The molecule has 2 aliphatic rings. The third-order valence-electron chi connectivity index (χ3n) is 8.24. The number of benzene rings is 3. The molecule has 0 bridgehead atoms. The van der Waals surface area contributed by atoms with Gasteiger partial charge in [0.05, 0.1) is 38.2 Å². The number of hydrogen-bond acceptors (Lipinski definition) is 9. The van der Waals surface area contributed by atoms with Gasteiger partial charge in [-0.1, -0.05) is 66.7 Å². The molecule has 3 atom stereocenters. The van der Waals surface area contributed by atoms with Gasteiger partial charge in [0.15, 0.2) is 0 Å². The third kappa shape index (κ3) is 6.05. The van der Waals surface area contributed by atoms with Gasteiger partial charge < -0.3 is 35.1 Å². The molecule has 1 fully saturated rings. The summed E-state index contributed by atoms with van der Waals surface area (Å²) in [5.41, 5.74) is 8.27. The lowest BCUT2D eigenvalue weighted by molar-refractivity contribution is -0.0944. The van der Waals surface area contributed by atoms with Crippen LogP contribution in [-0.4, -0.2) is 47.7 Å². The van der Waals surface area contributed by atoms with E-state index in [0.29, 0.717) is 22.8 Å². The Morgan fingerprint density at radius 2 is 1.57 bits per heavy atom. The smallest absolute Gasteiger partial charge is 0.351 e. The minimum absolute atomic E-state index is 0.0108. The molecule has 4 N–H and O–H groups in total. The zero-order chi connectivity index (χ0) is 32.1. The second-order valence-corrected chi connectivity index (χ2v) is 10.9. The van der Waals surface area contributed by atoms with Crippen LogP contribution in [0, 0.1) is 0 Å². The number of ether oxygens (including phenoxy) is 4. The summed E-state index contributed by atoms with van der Waals surface area (Å²) in [4.78, 5) is 17.1. The predicted octanol–water partition coefficient (Wildman–Crippen LogP) is 4.51. The molecule has 0 aliphatic carbocycles. The van der Waals surface area contributed by atoms with E-state index in [1.807, 2.05) is 103 Å². The van der Waals surface area contributed by atoms with Crippen LogP contribution in [0.25, 0.3) is 5.70 Å². The molecule has 46 heavy (non-hydrogen) atoms. The van der Waals surface area contributed by atoms with E-state index in [2.05, 4.69) is 10.3 Å². The molecule has 0 amide bonds. The maximum absolute atomic E-state index is 13.0. The van der Waals surface area contributed by atoms with E-state index in [-0.39, 0.29) is 18.8 Å². The zero-order valence-corrected chi connectivity index (χ0v) is 25.6. The van der Waals surface area contributed by atoms with Crippen molar-refractivity contribution in [2.75, 3.05) is 26.6 Å². The Labute approximate surface area is 267 Å². The number of nitrogens with one attached hydrogen (secondary N) is 1. The Morgan fingerprint density at radius 3 is 2.20 bits per heavy atom. The van der Waals surface area contributed by atoms with E-state index >= 15 is 0 Å². The van der Waals surface area contributed by atoms with Crippen molar-refractivity contribution >= 4 is 11.5 Å². The van der Waals surface area contributed by atoms with Crippen molar-refractivity contribution in [3.05, 3.63) is 148 Å². The number of nitrogens with two attached hydrogens (primary N) is 1. The molecule has 0 radical (unpaired) electrons.